The Kier molecular flexibility index (Phi) is 4.11. The summed E-state index contributed by atoms with van der Waals surface area (Å²) < 4.78 is 2.25. The molecule has 1 amide bonds. The average molecular weight is 379 g/mol. The van der Waals surface area contributed by atoms with Gasteiger partial charge in [0.05, 0.1) is 12.0 Å². The summed E-state index contributed by atoms with van der Waals surface area (Å²) in [5.74, 6) is 0.851. The fourth-order valence-corrected chi connectivity index (χ4v) is 5.73. The zero-order valence-electron chi connectivity index (χ0n) is 16.9. The Morgan fingerprint density at radius 1 is 1.25 bits per heavy atom. The van der Waals surface area contributed by atoms with Crippen molar-refractivity contribution in [1.29, 1.82) is 0 Å². The number of rotatable bonds is 6. The summed E-state index contributed by atoms with van der Waals surface area (Å²) in [6.07, 6.45) is 10.9. The van der Waals surface area contributed by atoms with Gasteiger partial charge in [0.2, 0.25) is 5.91 Å². The Labute approximate surface area is 166 Å². The van der Waals surface area contributed by atoms with Gasteiger partial charge in [-0.1, -0.05) is 19.9 Å². The van der Waals surface area contributed by atoms with Gasteiger partial charge >= 0.3 is 0 Å². The largest absolute Gasteiger partial charge is 0.355 e. The van der Waals surface area contributed by atoms with Gasteiger partial charge in [-0.05, 0) is 62.6 Å². The Balaban J connectivity index is 1.32. The van der Waals surface area contributed by atoms with E-state index in [-0.39, 0.29) is 22.7 Å². The Morgan fingerprint density at radius 2 is 2.11 bits per heavy atom. The second-order valence-corrected chi connectivity index (χ2v) is 9.70. The first kappa shape index (κ1) is 17.9. The maximum absolute atomic E-state index is 13.3. The van der Waals surface area contributed by atoms with Crippen molar-refractivity contribution in [3.8, 4) is 0 Å². The molecule has 1 N–H and O–H groups in total. The van der Waals surface area contributed by atoms with Crippen LogP contribution in [0.4, 0.5) is 0 Å². The molecule has 2 aromatic rings. The van der Waals surface area contributed by atoms with Crippen LogP contribution in [0.2, 0.25) is 0 Å². The van der Waals surface area contributed by atoms with Gasteiger partial charge in [-0.2, -0.15) is 5.10 Å². The van der Waals surface area contributed by atoms with Crippen molar-refractivity contribution in [2.45, 2.75) is 69.2 Å². The lowest BCUT2D eigenvalue weighted by molar-refractivity contribution is -0.133. The van der Waals surface area contributed by atoms with Gasteiger partial charge in [0.15, 0.2) is 0 Å². The van der Waals surface area contributed by atoms with Crippen LogP contribution in [0, 0.1) is 11.8 Å². The number of carbonyl (C=O) groups excluding carboxylic acids is 1. The van der Waals surface area contributed by atoms with E-state index in [2.05, 4.69) is 40.0 Å². The number of hydrogen-bond acceptors (Lipinski definition) is 3. The van der Waals surface area contributed by atoms with Gasteiger partial charge in [-0.25, -0.2) is 0 Å². The molecule has 0 saturated heterocycles. The first-order valence-corrected chi connectivity index (χ1v) is 10.7. The maximum atomic E-state index is 13.3. The third-order valence-electron chi connectivity index (χ3n) is 7.60. The van der Waals surface area contributed by atoms with Crippen LogP contribution in [0.5, 0.6) is 0 Å². The molecule has 0 aliphatic heterocycles. The van der Waals surface area contributed by atoms with Crippen molar-refractivity contribution in [2.24, 2.45) is 11.8 Å². The molecule has 2 bridgehead atoms. The molecule has 3 atom stereocenters. The molecule has 0 spiro atoms. The van der Waals surface area contributed by atoms with E-state index >= 15 is 0 Å². The van der Waals surface area contributed by atoms with Crippen molar-refractivity contribution >= 4 is 5.91 Å². The average Bonchev–Trinajstić information content (AvgIpc) is 3.34. The van der Waals surface area contributed by atoms with Gasteiger partial charge in [0.1, 0.15) is 0 Å². The molecule has 28 heavy (non-hydrogen) atoms. The van der Waals surface area contributed by atoms with Crippen LogP contribution in [0.1, 0.15) is 69.8 Å². The van der Waals surface area contributed by atoms with Crippen LogP contribution in [-0.2, 0) is 15.6 Å². The molecular weight excluding hydrogens is 348 g/mol. The molecule has 4 aliphatic carbocycles. The zero-order chi connectivity index (χ0) is 19.4. The van der Waals surface area contributed by atoms with E-state index in [1.807, 2.05) is 30.6 Å². The predicted molar refractivity (Wildman–Crippen MR) is 108 cm³/mol. The molecule has 4 saturated carbocycles. The lowest BCUT2D eigenvalue weighted by Crippen LogP contribution is -2.54. The molecule has 2 heterocycles. The second-order valence-electron chi connectivity index (χ2n) is 9.70. The van der Waals surface area contributed by atoms with E-state index < -0.39 is 0 Å². The number of hydrogen-bond donors (Lipinski definition) is 1. The molecule has 5 nitrogen and oxygen atoms in total. The number of nitrogens with zero attached hydrogens (tertiary/aromatic N) is 3. The molecule has 4 aliphatic rings. The Morgan fingerprint density at radius 3 is 2.79 bits per heavy atom. The van der Waals surface area contributed by atoms with Gasteiger partial charge in [0.25, 0.3) is 0 Å². The van der Waals surface area contributed by atoms with Crippen molar-refractivity contribution in [3.63, 3.8) is 0 Å². The van der Waals surface area contributed by atoms with E-state index in [4.69, 9.17) is 0 Å². The standard InChI is InChI=1S/C23H30N4O/c1-22(2,18-8-3-4-12-24-18)15-25-21(28)20-16-9-11-23(20,14-16)19-10-13-26-27(19)17-6-5-7-17/h3-4,8,10,12-13,16-17,20H,5-7,9,11,14-15H2,1-2H3,(H,25,28). The molecular formula is C23H30N4O. The third kappa shape index (κ3) is 2.62. The first-order valence-electron chi connectivity index (χ1n) is 10.7. The van der Waals surface area contributed by atoms with Crippen molar-refractivity contribution in [2.75, 3.05) is 6.54 Å². The Hall–Kier alpha value is -2.17. The lowest BCUT2D eigenvalue weighted by Gasteiger charge is -2.47. The van der Waals surface area contributed by atoms with E-state index in [1.54, 1.807) is 0 Å². The van der Waals surface area contributed by atoms with Gasteiger partial charge in [-0.15, -0.1) is 0 Å². The lowest BCUT2D eigenvalue weighted by atomic mass is 9.58. The molecule has 0 radical (unpaired) electrons. The Bertz CT molecular complexity index is 866. The molecule has 5 heteroatoms. The summed E-state index contributed by atoms with van der Waals surface area (Å²) in [4.78, 5) is 17.8. The van der Waals surface area contributed by atoms with Crippen LogP contribution in [-0.4, -0.2) is 27.2 Å². The quantitative estimate of drug-likeness (QED) is 0.832. The predicted octanol–water partition coefficient (Wildman–Crippen LogP) is 3.76. The van der Waals surface area contributed by atoms with E-state index in [0.717, 1.165) is 25.0 Å². The number of pyridine rings is 1. The molecule has 0 aromatic carbocycles. The minimum absolute atomic E-state index is 0.00990. The molecule has 3 unspecified atom stereocenters. The monoisotopic (exact) mass is 378 g/mol. The van der Waals surface area contributed by atoms with Crippen molar-refractivity contribution < 1.29 is 4.79 Å². The smallest absolute Gasteiger partial charge is 0.224 e. The van der Waals surface area contributed by atoms with Crippen molar-refractivity contribution in [1.82, 2.24) is 20.1 Å². The van der Waals surface area contributed by atoms with Gasteiger partial charge < -0.3 is 5.32 Å². The summed E-state index contributed by atoms with van der Waals surface area (Å²) in [6.45, 7) is 4.91. The van der Waals surface area contributed by atoms with Crippen LogP contribution >= 0.6 is 0 Å². The molecule has 6 rings (SSSR count). The minimum atomic E-state index is -0.180. The number of aromatic nitrogens is 3. The molecule has 148 valence electrons. The molecule has 4 fully saturated rings. The molecule has 2 aromatic heterocycles. The second kappa shape index (κ2) is 6.43. The minimum Gasteiger partial charge on any atom is -0.355 e. The third-order valence-corrected chi connectivity index (χ3v) is 7.60. The topological polar surface area (TPSA) is 59.8 Å². The van der Waals surface area contributed by atoms with Crippen LogP contribution < -0.4 is 5.32 Å². The normalized spacial score (nSPS) is 29.2. The fraction of sp³-hybridized carbons (Fsp3) is 0.609. The number of carbonyl (C=O) groups is 1. The highest BCUT2D eigenvalue weighted by Crippen LogP contribution is 2.64. The van der Waals surface area contributed by atoms with Crippen LogP contribution in [0.15, 0.2) is 36.7 Å². The van der Waals surface area contributed by atoms with E-state index in [0.29, 0.717) is 18.5 Å². The fourth-order valence-electron chi connectivity index (χ4n) is 5.73. The maximum Gasteiger partial charge on any atom is 0.224 e. The summed E-state index contributed by atoms with van der Waals surface area (Å²) >= 11 is 0. The summed E-state index contributed by atoms with van der Waals surface area (Å²) in [6, 6.07) is 8.70. The summed E-state index contributed by atoms with van der Waals surface area (Å²) in [7, 11) is 0. The highest BCUT2D eigenvalue weighted by Gasteiger charge is 2.64. The SMILES string of the molecule is CC(C)(CNC(=O)C1C2CCC1(c1ccnn1C1CCC1)C2)c1ccccn1. The summed E-state index contributed by atoms with van der Waals surface area (Å²) in [5.41, 5.74) is 2.16. The first-order chi connectivity index (χ1) is 13.5. The highest BCUT2D eigenvalue weighted by molar-refractivity contribution is 5.83. The van der Waals surface area contributed by atoms with E-state index in [9.17, 15) is 4.79 Å². The summed E-state index contributed by atoms with van der Waals surface area (Å²) in [5, 5.41) is 7.93. The number of fused-ring (bicyclic) bond motifs is 1. The van der Waals surface area contributed by atoms with Gasteiger partial charge in [0, 0.05) is 41.2 Å². The van der Waals surface area contributed by atoms with Crippen LogP contribution in [0.25, 0.3) is 0 Å². The number of nitrogens with one attached hydrogen (secondary N) is 1. The van der Waals surface area contributed by atoms with Crippen molar-refractivity contribution in [3.05, 3.63) is 48.0 Å². The van der Waals surface area contributed by atoms with E-state index in [1.165, 1.54) is 25.0 Å². The zero-order valence-corrected chi connectivity index (χ0v) is 16.9. The highest BCUT2D eigenvalue weighted by atomic mass is 16.2. The van der Waals surface area contributed by atoms with Gasteiger partial charge in [-0.3, -0.25) is 14.5 Å². The van der Waals surface area contributed by atoms with Crippen LogP contribution in [0.3, 0.4) is 0 Å². The number of amides is 1.